The van der Waals surface area contributed by atoms with Gasteiger partial charge in [0.2, 0.25) is 0 Å². The smallest absolute Gasteiger partial charge is 0.268 e. The molecule has 0 spiro atoms. The average molecular weight is 466 g/mol. The van der Waals surface area contributed by atoms with E-state index in [1.54, 1.807) is 72.8 Å². The van der Waals surface area contributed by atoms with Gasteiger partial charge in [-0.2, -0.15) is 4.31 Å². The second-order valence-electron chi connectivity index (χ2n) is 7.67. The Morgan fingerprint density at radius 2 is 1.21 bits per heavy atom. The Morgan fingerprint density at radius 3 is 1.76 bits per heavy atom. The van der Waals surface area contributed by atoms with Gasteiger partial charge in [0.1, 0.15) is 5.70 Å². The summed E-state index contributed by atoms with van der Waals surface area (Å²) in [6.45, 7) is 1.88. The monoisotopic (exact) mass is 465 g/mol. The minimum atomic E-state index is -4.25. The topological polar surface area (TPSA) is 54.5 Å². The molecule has 1 amide bonds. The molecular weight excluding hydrogens is 442 g/mol. The zero-order chi connectivity index (χ0) is 24.0. The molecule has 4 aromatic carbocycles. The van der Waals surface area contributed by atoms with Gasteiger partial charge in [-0.15, -0.1) is 0 Å². The predicted octanol–water partition coefficient (Wildman–Crippen LogP) is 6.18. The Labute approximate surface area is 200 Å². The van der Waals surface area contributed by atoms with Crippen molar-refractivity contribution in [1.29, 1.82) is 0 Å². The molecule has 0 bridgehead atoms. The minimum absolute atomic E-state index is 0.0253. The van der Waals surface area contributed by atoms with Crippen LogP contribution in [0.4, 0.5) is 0 Å². The number of amides is 1. The predicted molar refractivity (Wildman–Crippen MR) is 135 cm³/mol. The van der Waals surface area contributed by atoms with Gasteiger partial charge >= 0.3 is 0 Å². The molecule has 34 heavy (non-hydrogen) atoms. The van der Waals surface area contributed by atoms with Gasteiger partial charge in [0.05, 0.1) is 4.90 Å². The molecule has 0 saturated carbocycles. The van der Waals surface area contributed by atoms with Crippen LogP contribution in [0.3, 0.4) is 0 Å². The summed E-state index contributed by atoms with van der Waals surface area (Å²) in [5, 5.41) is 0. The highest BCUT2D eigenvalue weighted by molar-refractivity contribution is 7.90. The van der Waals surface area contributed by atoms with Gasteiger partial charge < -0.3 is 0 Å². The SMILES string of the molecule is Cc1ccc(S(=O)(=O)N(C(=O)c2ccccc2)C(=C=Cc2ccccc2)c2ccccc2)cc1. The standard InChI is InChI=1S/C29H23NO3S/c1-23-17-20-27(21-18-23)34(32,33)30(29(31)26-15-9-4-10-16-26)28(25-13-7-3-8-14-25)22-19-24-11-5-2-6-12-24/h2-21H,1H3. The van der Waals surface area contributed by atoms with Crippen molar-refractivity contribution in [3.8, 4) is 0 Å². The van der Waals surface area contributed by atoms with Gasteiger partial charge in [0.25, 0.3) is 15.9 Å². The lowest BCUT2D eigenvalue weighted by molar-refractivity contribution is 0.0906. The molecule has 0 saturated heterocycles. The molecule has 0 aliphatic heterocycles. The summed E-state index contributed by atoms with van der Waals surface area (Å²) < 4.78 is 28.7. The molecule has 0 N–H and O–H groups in total. The van der Waals surface area contributed by atoms with Crippen LogP contribution in [0, 0.1) is 6.92 Å². The highest BCUT2D eigenvalue weighted by Gasteiger charge is 2.34. The van der Waals surface area contributed by atoms with Crippen LogP contribution in [0.2, 0.25) is 0 Å². The molecule has 4 aromatic rings. The van der Waals surface area contributed by atoms with Crippen molar-refractivity contribution in [2.24, 2.45) is 0 Å². The van der Waals surface area contributed by atoms with Gasteiger partial charge in [-0.25, -0.2) is 8.42 Å². The van der Waals surface area contributed by atoms with Crippen molar-refractivity contribution in [2.75, 3.05) is 0 Å². The van der Waals surface area contributed by atoms with Crippen LogP contribution in [0.5, 0.6) is 0 Å². The summed E-state index contributed by atoms with van der Waals surface area (Å²) in [7, 11) is -4.25. The number of hydrogen-bond acceptors (Lipinski definition) is 3. The lowest BCUT2D eigenvalue weighted by Gasteiger charge is -2.24. The van der Waals surface area contributed by atoms with Crippen LogP contribution in [0.15, 0.2) is 126 Å². The van der Waals surface area contributed by atoms with Crippen molar-refractivity contribution in [2.45, 2.75) is 11.8 Å². The van der Waals surface area contributed by atoms with E-state index in [0.717, 1.165) is 15.4 Å². The highest BCUT2D eigenvalue weighted by Crippen LogP contribution is 2.29. The Bertz CT molecular complexity index is 1440. The molecule has 0 aromatic heterocycles. The first-order valence-corrected chi connectivity index (χ1v) is 12.2. The molecule has 5 heteroatoms. The van der Waals surface area contributed by atoms with Gasteiger partial charge in [-0.1, -0.05) is 102 Å². The molecule has 4 nitrogen and oxygen atoms in total. The van der Waals surface area contributed by atoms with E-state index in [2.05, 4.69) is 5.73 Å². The van der Waals surface area contributed by atoms with Crippen LogP contribution in [-0.4, -0.2) is 18.6 Å². The first-order valence-electron chi connectivity index (χ1n) is 10.8. The number of carbonyl (C=O) groups is 1. The van der Waals surface area contributed by atoms with Crippen LogP contribution < -0.4 is 0 Å². The average Bonchev–Trinajstić information content (AvgIpc) is 2.88. The Balaban J connectivity index is 1.98. The third-order valence-corrected chi connectivity index (χ3v) is 6.89. The van der Waals surface area contributed by atoms with E-state index in [0.29, 0.717) is 5.56 Å². The maximum absolute atomic E-state index is 13.9. The molecule has 4 rings (SSSR count). The lowest BCUT2D eigenvalue weighted by Crippen LogP contribution is -2.35. The number of nitrogens with zero attached hydrogens (tertiary/aromatic N) is 1. The van der Waals surface area contributed by atoms with Crippen molar-refractivity contribution < 1.29 is 13.2 Å². The molecule has 0 aliphatic rings. The zero-order valence-electron chi connectivity index (χ0n) is 18.6. The van der Waals surface area contributed by atoms with Crippen LogP contribution >= 0.6 is 0 Å². The normalized spacial score (nSPS) is 10.7. The summed E-state index contributed by atoms with van der Waals surface area (Å²) in [5.41, 5.74) is 5.80. The number of sulfonamides is 1. The van der Waals surface area contributed by atoms with E-state index < -0.39 is 15.9 Å². The van der Waals surface area contributed by atoms with Crippen molar-refractivity contribution in [3.63, 3.8) is 0 Å². The van der Waals surface area contributed by atoms with E-state index >= 15 is 0 Å². The molecule has 0 radical (unpaired) electrons. The van der Waals surface area contributed by atoms with Gasteiger partial charge in [0.15, 0.2) is 0 Å². The summed E-state index contributed by atoms with van der Waals surface area (Å²) in [6, 6.07) is 33.2. The fourth-order valence-corrected chi connectivity index (χ4v) is 4.81. The minimum Gasteiger partial charge on any atom is -0.268 e. The first-order chi connectivity index (χ1) is 16.5. The van der Waals surface area contributed by atoms with Crippen molar-refractivity contribution >= 4 is 27.7 Å². The number of hydrogen-bond donors (Lipinski definition) is 0. The fraction of sp³-hybridized carbons (Fsp3) is 0.0345. The summed E-state index contributed by atoms with van der Waals surface area (Å²) in [6.07, 6.45) is 1.68. The largest absolute Gasteiger partial charge is 0.272 e. The number of carbonyl (C=O) groups excluding carboxylic acids is 1. The maximum Gasteiger partial charge on any atom is 0.272 e. The molecule has 0 fully saturated rings. The summed E-state index contributed by atoms with van der Waals surface area (Å²) in [5.74, 6) is -0.658. The van der Waals surface area contributed by atoms with E-state index in [4.69, 9.17) is 0 Å². The third kappa shape index (κ3) is 5.07. The van der Waals surface area contributed by atoms with E-state index in [9.17, 15) is 13.2 Å². The van der Waals surface area contributed by atoms with Gasteiger partial charge in [-0.05, 0) is 42.8 Å². The molecule has 0 unspecified atom stereocenters. The second kappa shape index (κ2) is 10.2. The fourth-order valence-electron chi connectivity index (χ4n) is 3.40. The first kappa shape index (κ1) is 23.0. The lowest BCUT2D eigenvalue weighted by atomic mass is 10.1. The van der Waals surface area contributed by atoms with Crippen molar-refractivity contribution in [3.05, 3.63) is 143 Å². The van der Waals surface area contributed by atoms with E-state index in [1.165, 1.54) is 12.1 Å². The summed E-state index contributed by atoms with van der Waals surface area (Å²) in [4.78, 5) is 13.8. The van der Waals surface area contributed by atoms with E-state index in [1.807, 2.05) is 43.3 Å². The Hall–Kier alpha value is -4.18. The second-order valence-corrected chi connectivity index (χ2v) is 9.45. The van der Waals surface area contributed by atoms with E-state index in [-0.39, 0.29) is 16.2 Å². The maximum atomic E-state index is 13.9. The Morgan fingerprint density at radius 1 is 0.706 bits per heavy atom. The Kier molecular flexibility index (Phi) is 6.88. The molecule has 0 aliphatic carbocycles. The highest BCUT2D eigenvalue weighted by atomic mass is 32.2. The molecule has 168 valence electrons. The quantitative estimate of drug-likeness (QED) is 0.320. The van der Waals surface area contributed by atoms with Gasteiger partial charge in [0, 0.05) is 11.1 Å². The van der Waals surface area contributed by atoms with Crippen molar-refractivity contribution in [1.82, 2.24) is 4.31 Å². The third-order valence-electron chi connectivity index (χ3n) is 5.19. The summed E-state index contributed by atoms with van der Waals surface area (Å²) >= 11 is 0. The zero-order valence-corrected chi connectivity index (χ0v) is 19.4. The molecule has 0 atom stereocenters. The van der Waals surface area contributed by atoms with Crippen LogP contribution in [0.25, 0.3) is 11.8 Å². The number of aryl methyl sites for hydroxylation is 1. The molecule has 0 heterocycles. The van der Waals surface area contributed by atoms with Gasteiger partial charge in [-0.3, -0.25) is 4.79 Å². The number of rotatable bonds is 6. The number of benzene rings is 4. The molecular formula is C29H23NO3S. The van der Waals surface area contributed by atoms with Crippen LogP contribution in [-0.2, 0) is 10.0 Å². The van der Waals surface area contributed by atoms with Crippen LogP contribution in [0.1, 0.15) is 27.0 Å².